The van der Waals surface area contributed by atoms with Crippen LogP contribution >= 0.6 is 0 Å². The molecular weight excluding hydrogens is 268 g/mol. The Morgan fingerprint density at radius 2 is 2.33 bits per heavy atom. The van der Waals surface area contributed by atoms with Crippen molar-refractivity contribution in [1.29, 1.82) is 5.26 Å². The smallest absolute Gasteiger partial charge is 0.156 e. The summed E-state index contributed by atoms with van der Waals surface area (Å²) >= 11 is 0. The molecule has 2 unspecified atom stereocenters. The largest absolute Gasteiger partial charge is 0.491 e. The van der Waals surface area contributed by atoms with E-state index >= 15 is 0 Å². The standard InChI is InChI=1S/C16H22N2O3/c1-12-3-4-16(13(2)7-12)21-11-14(19)9-18-5-6-20-15(8-17)10-18/h3-4,7,14-15,19H,5-6,9-11H2,1-2H3. The second kappa shape index (κ2) is 7.41. The number of hydrogen-bond acceptors (Lipinski definition) is 5. The van der Waals surface area contributed by atoms with Crippen LogP contribution in [0.25, 0.3) is 0 Å². The summed E-state index contributed by atoms with van der Waals surface area (Å²) in [5.74, 6) is 0.802. The third-order valence-corrected chi connectivity index (χ3v) is 3.53. The molecule has 1 heterocycles. The normalized spacial score (nSPS) is 20.8. The number of aliphatic hydroxyl groups excluding tert-OH is 1. The minimum absolute atomic E-state index is 0.248. The number of aliphatic hydroxyl groups is 1. The zero-order valence-corrected chi connectivity index (χ0v) is 12.6. The van der Waals surface area contributed by atoms with E-state index < -0.39 is 12.2 Å². The zero-order chi connectivity index (χ0) is 15.2. The number of benzene rings is 1. The number of nitrogens with zero attached hydrogens (tertiary/aromatic N) is 2. The summed E-state index contributed by atoms with van der Waals surface area (Å²) in [6, 6.07) is 8.08. The average Bonchev–Trinajstić information content (AvgIpc) is 2.46. The molecule has 114 valence electrons. The molecule has 1 aromatic rings. The zero-order valence-electron chi connectivity index (χ0n) is 12.6. The molecule has 1 N–H and O–H groups in total. The van der Waals surface area contributed by atoms with Crippen molar-refractivity contribution in [3.63, 3.8) is 0 Å². The van der Waals surface area contributed by atoms with Crippen LogP contribution in [0.3, 0.4) is 0 Å². The first kappa shape index (κ1) is 15.8. The molecule has 0 bridgehead atoms. The van der Waals surface area contributed by atoms with E-state index in [4.69, 9.17) is 14.7 Å². The first-order valence-electron chi connectivity index (χ1n) is 7.20. The van der Waals surface area contributed by atoms with Gasteiger partial charge < -0.3 is 14.6 Å². The lowest BCUT2D eigenvalue weighted by Crippen LogP contribution is -2.46. The molecule has 5 heteroatoms. The maximum absolute atomic E-state index is 10.1. The fourth-order valence-electron chi connectivity index (χ4n) is 2.44. The Hall–Kier alpha value is -1.61. The van der Waals surface area contributed by atoms with E-state index in [1.165, 1.54) is 5.56 Å². The predicted molar refractivity (Wildman–Crippen MR) is 79.2 cm³/mol. The highest BCUT2D eigenvalue weighted by molar-refractivity contribution is 5.35. The first-order valence-corrected chi connectivity index (χ1v) is 7.20. The number of rotatable bonds is 5. The van der Waals surface area contributed by atoms with Crippen LogP contribution < -0.4 is 4.74 Å². The lowest BCUT2D eigenvalue weighted by Gasteiger charge is -2.31. The van der Waals surface area contributed by atoms with E-state index in [0.29, 0.717) is 19.7 Å². The molecule has 0 aromatic heterocycles. The molecule has 0 amide bonds. The Balaban J connectivity index is 1.79. The van der Waals surface area contributed by atoms with Crippen molar-refractivity contribution in [2.45, 2.75) is 26.1 Å². The molecule has 2 rings (SSSR count). The van der Waals surface area contributed by atoms with Crippen LogP contribution in [0.15, 0.2) is 18.2 Å². The third-order valence-electron chi connectivity index (χ3n) is 3.53. The Bertz CT molecular complexity index is 513. The molecule has 1 fully saturated rings. The molecule has 1 saturated heterocycles. The van der Waals surface area contributed by atoms with E-state index in [1.807, 2.05) is 30.9 Å². The molecule has 1 aromatic carbocycles. The Morgan fingerprint density at radius 3 is 3.05 bits per heavy atom. The topological polar surface area (TPSA) is 65.7 Å². The molecule has 0 saturated carbocycles. The van der Waals surface area contributed by atoms with Gasteiger partial charge in [0.05, 0.1) is 12.7 Å². The van der Waals surface area contributed by atoms with Crippen LogP contribution in [0.2, 0.25) is 0 Å². The van der Waals surface area contributed by atoms with Crippen molar-refractivity contribution in [2.24, 2.45) is 0 Å². The minimum atomic E-state index is -0.580. The van der Waals surface area contributed by atoms with Gasteiger partial charge >= 0.3 is 0 Å². The second-order valence-corrected chi connectivity index (χ2v) is 5.48. The Morgan fingerprint density at radius 1 is 1.52 bits per heavy atom. The fourth-order valence-corrected chi connectivity index (χ4v) is 2.44. The molecule has 1 aliphatic rings. The van der Waals surface area contributed by atoms with Crippen LogP contribution in [0.5, 0.6) is 5.75 Å². The van der Waals surface area contributed by atoms with Crippen LogP contribution in [0.1, 0.15) is 11.1 Å². The molecule has 1 aliphatic heterocycles. The second-order valence-electron chi connectivity index (χ2n) is 5.48. The Labute approximate surface area is 125 Å². The lowest BCUT2D eigenvalue weighted by molar-refractivity contribution is -0.0215. The third kappa shape index (κ3) is 4.71. The van der Waals surface area contributed by atoms with Gasteiger partial charge in [-0.05, 0) is 25.5 Å². The summed E-state index contributed by atoms with van der Waals surface area (Å²) in [5.41, 5.74) is 2.26. The highest BCUT2D eigenvalue weighted by Crippen LogP contribution is 2.19. The van der Waals surface area contributed by atoms with Crippen molar-refractivity contribution in [2.75, 3.05) is 32.8 Å². The van der Waals surface area contributed by atoms with E-state index in [1.54, 1.807) is 0 Å². The SMILES string of the molecule is Cc1ccc(OCC(O)CN2CCOC(C#N)C2)c(C)c1. The molecule has 2 atom stereocenters. The van der Waals surface area contributed by atoms with E-state index in [-0.39, 0.29) is 6.61 Å². The monoisotopic (exact) mass is 290 g/mol. The van der Waals surface area contributed by atoms with Crippen LogP contribution in [-0.4, -0.2) is 55.1 Å². The Kier molecular flexibility index (Phi) is 5.57. The van der Waals surface area contributed by atoms with Gasteiger partial charge in [-0.3, -0.25) is 4.90 Å². The van der Waals surface area contributed by atoms with Crippen molar-refractivity contribution in [3.8, 4) is 11.8 Å². The van der Waals surface area contributed by atoms with Gasteiger partial charge in [-0.1, -0.05) is 17.7 Å². The minimum Gasteiger partial charge on any atom is -0.491 e. The van der Waals surface area contributed by atoms with E-state index in [0.717, 1.165) is 17.9 Å². The first-order chi connectivity index (χ1) is 10.1. The number of β-amino-alcohol motifs (C(OH)–C–C–N with tert-alkyl or cyclic N) is 1. The highest BCUT2D eigenvalue weighted by atomic mass is 16.5. The van der Waals surface area contributed by atoms with Gasteiger partial charge in [0.2, 0.25) is 0 Å². The van der Waals surface area contributed by atoms with Crippen molar-refractivity contribution >= 4 is 0 Å². The van der Waals surface area contributed by atoms with Crippen molar-refractivity contribution < 1.29 is 14.6 Å². The molecule has 5 nitrogen and oxygen atoms in total. The van der Waals surface area contributed by atoms with Crippen LogP contribution in [-0.2, 0) is 4.74 Å². The van der Waals surface area contributed by atoms with E-state index in [2.05, 4.69) is 12.1 Å². The van der Waals surface area contributed by atoms with Crippen molar-refractivity contribution in [3.05, 3.63) is 29.3 Å². The van der Waals surface area contributed by atoms with Crippen molar-refractivity contribution in [1.82, 2.24) is 4.90 Å². The summed E-state index contributed by atoms with van der Waals surface area (Å²) in [5, 5.41) is 18.9. The van der Waals surface area contributed by atoms with E-state index in [9.17, 15) is 5.11 Å². The number of morpholine rings is 1. The summed E-state index contributed by atoms with van der Waals surface area (Å²) in [7, 11) is 0. The lowest BCUT2D eigenvalue weighted by atomic mass is 10.1. The van der Waals surface area contributed by atoms with Gasteiger partial charge in [-0.25, -0.2) is 0 Å². The predicted octanol–water partition coefficient (Wildman–Crippen LogP) is 1.27. The van der Waals surface area contributed by atoms with Gasteiger partial charge in [-0.2, -0.15) is 5.26 Å². The fraction of sp³-hybridized carbons (Fsp3) is 0.562. The van der Waals surface area contributed by atoms with Gasteiger partial charge in [0.1, 0.15) is 18.5 Å². The molecule has 0 radical (unpaired) electrons. The van der Waals surface area contributed by atoms with Crippen LogP contribution in [0.4, 0.5) is 0 Å². The maximum atomic E-state index is 10.1. The molecule has 0 spiro atoms. The molecule has 0 aliphatic carbocycles. The molecular formula is C16H22N2O3. The summed E-state index contributed by atoms with van der Waals surface area (Å²) < 4.78 is 11.0. The summed E-state index contributed by atoms with van der Waals surface area (Å²) in [4.78, 5) is 2.04. The van der Waals surface area contributed by atoms with Crippen LogP contribution in [0, 0.1) is 25.2 Å². The average molecular weight is 290 g/mol. The maximum Gasteiger partial charge on any atom is 0.156 e. The van der Waals surface area contributed by atoms with Gasteiger partial charge in [0, 0.05) is 19.6 Å². The number of aryl methyl sites for hydroxylation is 2. The van der Waals surface area contributed by atoms with Gasteiger partial charge in [0.15, 0.2) is 6.10 Å². The number of nitriles is 1. The quantitative estimate of drug-likeness (QED) is 0.884. The number of hydrogen-bond donors (Lipinski definition) is 1. The van der Waals surface area contributed by atoms with Gasteiger partial charge in [-0.15, -0.1) is 0 Å². The summed E-state index contributed by atoms with van der Waals surface area (Å²) in [6.45, 7) is 6.58. The number of ether oxygens (including phenoxy) is 2. The highest BCUT2D eigenvalue weighted by Gasteiger charge is 2.22. The van der Waals surface area contributed by atoms with Gasteiger partial charge in [0.25, 0.3) is 0 Å². The molecule has 21 heavy (non-hydrogen) atoms. The summed E-state index contributed by atoms with van der Waals surface area (Å²) in [6.07, 6.45) is -0.977.